The minimum absolute atomic E-state index is 0.565. The molecule has 14 heavy (non-hydrogen) atoms. The van der Waals surface area contributed by atoms with Crippen molar-refractivity contribution in [2.24, 2.45) is 0 Å². The van der Waals surface area contributed by atoms with Gasteiger partial charge in [-0.25, -0.2) is 0 Å². The molecule has 0 radical (unpaired) electrons. The van der Waals surface area contributed by atoms with Crippen molar-refractivity contribution in [1.29, 1.82) is 0 Å². The summed E-state index contributed by atoms with van der Waals surface area (Å²) in [4.78, 5) is 0. The van der Waals surface area contributed by atoms with Gasteiger partial charge in [0.25, 0.3) is 0 Å². The Morgan fingerprint density at radius 1 is 1.57 bits per heavy atom. The highest BCUT2D eigenvalue weighted by Crippen LogP contribution is 2.18. The SMILES string of the molecule is CC(CNC1CC1)NCc1ccsc1. The molecule has 0 saturated heterocycles. The van der Waals surface area contributed by atoms with Crippen LogP contribution < -0.4 is 10.6 Å². The average molecular weight is 210 g/mol. The molecule has 0 bridgehead atoms. The van der Waals surface area contributed by atoms with Crippen LogP contribution in [0.15, 0.2) is 16.8 Å². The van der Waals surface area contributed by atoms with Gasteiger partial charge in [0, 0.05) is 25.2 Å². The molecule has 0 amide bonds. The molecule has 3 heteroatoms. The van der Waals surface area contributed by atoms with E-state index in [4.69, 9.17) is 0 Å². The molecule has 1 aliphatic rings. The molecule has 1 aromatic rings. The van der Waals surface area contributed by atoms with Gasteiger partial charge in [-0.2, -0.15) is 11.3 Å². The molecule has 2 N–H and O–H groups in total. The predicted molar refractivity (Wildman–Crippen MR) is 61.6 cm³/mol. The van der Waals surface area contributed by atoms with E-state index in [-0.39, 0.29) is 0 Å². The van der Waals surface area contributed by atoms with Gasteiger partial charge >= 0.3 is 0 Å². The van der Waals surface area contributed by atoms with Crippen LogP contribution in [0.1, 0.15) is 25.3 Å². The highest BCUT2D eigenvalue weighted by atomic mass is 32.1. The molecule has 1 heterocycles. The van der Waals surface area contributed by atoms with Crippen LogP contribution in [0.5, 0.6) is 0 Å². The number of rotatable bonds is 6. The van der Waals surface area contributed by atoms with Gasteiger partial charge in [-0.15, -0.1) is 0 Å². The highest BCUT2D eigenvalue weighted by Gasteiger charge is 2.20. The van der Waals surface area contributed by atoms with E-state index in [1.165, 1.54) is 18.4 Å². The molecule has 0 aromatic carbocycles. The molecule has 1 atom stereocenters. The lowest BCUT2D eigenvalue weighted by Gasteiger charge is -2.13. The molecule has 1 unspecified atom stereocenters. The van der Waals surface area contributed by atoms with Crippen molar-refractivity contribution in [1.82, 2.24) is 10.6 Å². The largest absolute Gasteiger partial charge is 0.312 e. The molecule has 1 fully saturated rings. The van der Waals surface area contributed by atoms with Crippen LogP contribution >= 0.6 is 11.3 Å². The maximum absolute atomic E-state index is 3.53. The van der Waals surface area contributed by atoms with Crippen molar-refractivity contribution in [3.63, 3.8) is 0 Å². The molecule has 78 valence electrons. The van der Waals surface area contributed by atoms with Gasteiger partial charge in [0.1, 0.15) is 0 Å². The lowest BCUT2D eigenvalue weighted by Crippen LogP contribution is -2.36. The van der Waals surface area contributed by atoms with E-state index in [0.717, 1.165) is 19.1 Å². The Balaban J connectivity index is 1.59. The summed E-state index contributed by atoms with van der Waals surface area (Å²) in [5, 5.41) is 11.4. The Labute approximate surface area is 89.7 Å². The number of nitrogens with one attached hydrogen (secondary N) is 2. The Kier molecular flexibility index (Phi) is 3.56. The zero-order chi connectivity index (χ0) is 9.80. The van der Waals surface area contributed by atoms with Crippen molar-refractivity contribution in [3.05, 3.63) is 22.4 Å². The Bertz CT molecular complexity index is 254. The maximum Gasteiger partial charge on any atom is 0.0216 e. The molecule has 1 aromatic heterocycles. The van der Waals surface area contributed by atoms with Gasteiger partial charge in [-0.3, -0.25) is 0 Å². The highest BCUT2D eigenvalue weighted by molar-refractivity contribution is 7.07. The molecular weight excluding hydrogens is 192 g/mol. The second-order valence-corrected chi connectivity index (χ2v) is 4.88. The second-order valence-electron chi connectivity index (χ2n) is 4.10. The number of hydrogen-bond donors (Lipinski definition) is 2. The molecule has 2 rings (SSSR count). The van der Waals surface area contributed by atoms with Gasteiger partial charge < -0.3 is 10.6 Å². The molecule has 0 spiro atoms. The van der Waals surface area contributed by atoms with E-state index in [0.29, 0.717) is 6.04 Å². The van der Waals surface area contributed by atoms with Crippen molar-refractivity contribution < 1.29 is 0 Å². The lowest BCUT2D eigenvalue weighted by molar-refractivity contribution is 0.500. The van der Waals surface area contributed by atoms with Crippen LogP contribution in [0.2, 0.25) is 0 Å². The van der Waals surface area contributed by atoms with Crippen molar-refractivity contribution in [2.45, 2.75) is 38.4 Å². The zero-order valence-electron chi connectivity index (χ0n) is 8.62. The standard InChI is InChI=1S/C11H18N2S/c1-9(6-13-11-2-3-11)12-7-10-4-5-14-8-10/h4-5,8-9,11-13H,2-3,6-7H2,1H3. The van der Waals surface area contributed by atoms with Crippen LogP contribution in [-0.4, -0.2) is 18.6 Å². The number of hydrogen-bond acceptors (Lipinski definition) is 3. The topological polar surface area (TPSA) is 24.1 Å². The first-order valence-corrected chi connectivity index (χ1v) is 6.27. The van der Waals surface area contributed by atoms with Gasteiger partial charge in [0.2, 0.25) is 0 Å². The fraction of sp³-hybridized carbons (Fsp3) is 0.636. The van der Waals surface area contributed by atoms with Crippen LogP contribution in [0, 0.1) is 0 Å². The van der Waals surface area contributed by atoms with Gasteiger partial charge in [-0.1, -0.05) is 0 Å². The first-order chi connectivity index (χ1) is 6.84. The van der Waals surface area contributed by atoms with E-state index >= 15 is 0 Å². The van der Waals surface area contributed by atoms with Crippen LogP contribution in [0.4, 0.5) is 0 Å². The third-order valence-corrected chi connectivity index (χ3v) is 3.26. The summed E-state index contributed by atoms with van der Waals surface area (Å²) in [7, 11) is 0. The van der Waals surface area contributed by atoms with Crippen LogP contribution in [0.25, 0.3) is 0 Å². The fourth-order valence-electron chi connectivity index (χ4n) is 1.39. The van der Waals surface area contributed by atoms with Gasteiger partial charge in [0.15, 0.2) is 0 Å². The van der Waals surface area contributed by atoms with Gasteiger partial charge in [0.05, 0.1) is 0 Å². The van der Waals surface area contributed by atoms with E-state index in [2.05, 4.69) is 34.4 Å². The van der Waals surface area contributed by atoms with Crippen molar-refractivity contribution >= 4 is 11.3 Å². The normalized spacial score (nSPS) is 18.4. The predicted octanol–water partition coefficient (Wildman–Crippen LogP) is 1.98. The second kappa shape index (κ2) is 4.91. The molecular formula is C11H18N2S. The Morgan fingerprint density at radius 2 is 2.43 bits per heavy atom. The average Bonchev–Trinajstić information content (AvgIpc) is 2.87. The summed E-state index contributed by atoms with van der Waals surface area (Å²) >= 11 is 1.76. The molecule has 2 nitrogen and oxygen atoms in total. The quantitative estimate of drug-likeness (QED) is 0.750. The first-order valence-electron chi connectivity index (χ1n) is 5.32. The smallest absolute Gasteiger partial charge is 0.0216 e. The van der Waals surface area contributed by atoms with Crippen LogP contribution in [0.3, 0.4) is 0 Å². The zero-order valence-corrected chi connectivity index (χ0v) is 9.44. The Morgan fingerprint density at radius 3 is 3.07 bits per heavy atom. The summed E-state index contributed by atoms with van der Waals surface area (Å²) in [6.07, 6.45) is 2.74. The Hall–Kier alpha value is -0.380. The molecule has 1 saturated carbocycles. The molecule has 1 aliphatic carbocycles. The third kappa shape index (κ3) is 3.40. The summed E-state index contributed by atoms with van der Waals surface area (Å²) < 4.78 is 0. The van der Waals surface area contributed by atoms with E-state index in [1.807, 2.05) is 0 Å². The van der Waals surface area contributed by atoms with Crippen molar-refractivity contribution in [2.75, 3.05) is 6.54 Å². The lowest BCUT2D eigenvalue weighted by atomic mass is 10.3. The van der Waals surface area contributed by atoms with E-state index in [9.17, 15) is 0 Å². The third-order valence-electron chi connectivity index (χ3n) is 2.52. The fourth-order valence-corrected chi connectivity index (χ4v) is 2.06. The minimum atomic E-state index is 0.565. The van der Waals surface area contributed by atoms with Gasteiger partial charge in [-0.05, 0) is 42.2 Å². The summed E-state index contributed by atoms with van der Waals surface area (Å²) in [5.74, 6) is 0. The summed E-state index contributed by atoms with van der Waals surface area (Å²) in [6, 6.07) is 3.56. The maximum atomic E-state index is 3.53. The molecule has 0 aliphatic heterocycles. The van der Waals surface area contributed by atoms with Crippen molar-refractivity contribution in [3.8, 4) is 0 Å². The van der Waals surface area contributed by atoms with Crippen LogP contribution in [-0.2, 0) is 6.54 Å². The summed E-state index contributed by atoms with van der Waals surface area (Å²) in [5.41, 5.74) is 1.40. The number of thiophene rings is 1. The minimum Gasteiger partial charge on any atom is -0.312 e. The van der Waals surface area contributed by atoms with E-state index in [1.54, 1.807) is 11.3 Å². The van der Waals surface area contributed by atoms with E-state index < -0.39 is 0 Å². The first kappa shape index (κ1) is 10.1. The summed E-state index contributed by atoms with van der Waals surface area (Å²) in [6.45, 7) is 4.33. The monoisotopic (exact) mass is 210 g/mol.